The zero-order valence-corrected chi connectivity index (χ0v) is 14.8. The van der Waals surface area contributed by atoms with Crippen LogP contribution < -0.4 is 10.1 Å². The van der Waals surface area contributed by atoms with E-state index >= 15 is 0 Å². The maximum absolute atomic E-state index is 12.0. The highest BCUT2D eigenvalue weighted by Gasteiger charge is 2.14. The van der Waals surface area contributed by atoms with E-state index in [1.54, 1.807) is 12.1 Å². The lowest BCUT2D eigenvalue weighted by molar-refractivity contribution is 0.0936. The van der Waals surface area contributed by atoms with Crippen LogP contribution in [-0.2, 0) is 6.61 Å². The number of furan rings is 1. The summed E-state index contributed by atoms with van der Waals surface area (Å²) >= 11 is 11.0. The first-order valence-electron chi connectivity index (χ1n) is 7.54. The summed E-state index contributed by atoms with van der Waals surface area (Å²) in [6.45, 7) is 0.156. The Bertz CT molecular complexity index is 1030. The molecule has 0 unspecified atom stereocenters. The fourth-order valence-electron chi connectivity index (χ4n) is 2.28. The number of hydrogen-bond acceptors (Lipinski definition) is 4. The van der Waals surface area contributed by atoms with Gasteiger partial charge in [0.2, 0.25) is 0 Å². The summed E-state index contributed by atoms with van der Waals surface area (Å²) in [5.74, 6) is 0.541. The van der Waals surface area contributed by atoms with Gasteiger partial charge in [0.15, 0.2) is 11.5 Å². The zero-order valence-electron chi connectivity index (χ0n) is 13.3. The highest BCUT2D eigenvalue weighted by atomic mass is 35.5. The van der Waals surface area contributed by atoms with E-state index in [1.165, 1.54) is 6.07 Å². The Hall–Kier alpha value is -2.94. The number of halogens is 2. The number of nitrogens with zero attached hydrogens (tertiary/aromatic N) is 1. The van der Waals surface area contributed by atoms with Gasteiger partial charge >= 0.3 is 0 Å². The Morgan fingerprint density at radius 2 is 1.88 bits per heavy atom. The third kappa shape index (κ3) is 4.17. The molecule has 0 aliphatic heterocycles. The Kier molecular flexibility index (Phi) is 5.47. The van der Waals surface area contributed by atoms with Gasteiger partial charge in [0.1, 0.15) is 28.7 Å². The van der Waals surface area contributed by atoms with Crippen molar-refractivity contribution < 1.29 is 13.9 Å². The quantitative estimate of drug-likeness (QED) is 0.631. The first-order chi connectivity index (χ1) is 12.6. The molecule has 1 heterocycles. The van der Waals surface area contributed by atoms with Crippen LogP contribution in [0.5, 0.6) is 5.75 Å². The number of fused-ring (bicyclic) bond motifs is 1. The third-order valence-electron chi connectivity index (χ3n) is 3.53. The summed E-state index contributed by atoms with van der Waals surface area (Å²) in [5, 5.41) is 13.3. The normalized spacial score (nSPS) is 10.2. The second kappa shape index (κ2) is 7.96. The maximum atomic E-state index is 12.0. The third-order valence-corrected chi connectivity index (χ3v) is 3.90. The molecule has 0 spiro atoms. The molecule has 0 fully saturated rings. The number of nitrogens with one attached hydrogen (secondary N) is 1. The van der Waals surface area contributed by atoms with Gasteiger partial charge in [-0.3, -0.25) is 4.79 Å². The second-order valence-corrected chi connectivity index (χ2v) is 6.21. The van der Waals surface area contributed by atoms with Crippen molar-refractivity contribution in [3.63, 3.8) is 0 Å². The van der Waals surface area contributed by atoms with Gasteiger partial charge in [-0.2, -0.15) is 5.26 Å². The summed E-state index contributed by atoms with van der Waals surface area (Å²) < 4.78 is 10.8. The lowest BCUT2D eigenvalue weighted by atomic mass is 10.1. The molecule has 5 nitrogen and oxygen atoms in total. The average Bonchev–Trinajstić information content (AvgIpc) is 3.13. The van der Waals surface area contributed by atoms with Crippen LogP contribution in [0.2, 0.25) is 0 Å². The first-order valence-corrected chi connectivity index (χ1v) is 8.29. The van der Waals surface area contributed by atoms with E-state index < -0.39 is 5.91 Å². The molecule has 0 aliphatic carbocycles. The van der Waals surface area contributed by atoms with Gasteiger partial charge in [0.05, 0.1) is 0 Å². The smallest absolute Gasteiger partial charge is 0.291 e. The van der Waals surface area contributed by atoms with Crippen molar-refractivity contribution in [2.45, 2.75) is 6.61 Å². The van der Waals surface area contributed by atoms with Crippen molar-refractivity contribution in [3.05, 3.63) is 76.3 Å². The molecule has 1 N–H and O–H groups in total. The largest absolute Gasteiger partial charge is 0.486 e. The number of rotatable bonds is 5. The van der Waals surface area contributed by atoms with Gasteiger partial charge < -0.3 is 14.5 Å². The molecule has 0 radical (unpaired) electrons. The van der Waals surface area contributed by atoms with Crippen LogP contribution in [0.3, 0.4) is 0 Å². The molecule has 130 valence electrons. The number of allylic oxidation sites excluding steroid dienone is 1. The lowest BCUT2D eigenvalue weighted by Crippen LogP contribution is -2.21. The molecule has 0 saturated carbocycles. The fourth-order valence-corrected chi connectivity index (χ4v) is 2.46. The van der Waals surface area contributed by atoms with Crippen LogP contribution in [0.4, 0.5) is 0 Å². The second-order valence-electron chi connectivity index (χ2n) is 5.26. The minimum atomic E-state index is -0.627. The summed E-state index contributed by atoms with van der Waals surface area (Å²) in [5.41, 5.74) is -0.247. The van der Waals surface area contributed by atoms with Gasteiger partial charge in [0, 0.05) is 0 Å². The molecular weight excluding hydrogens is 375 g/mol. The van der Waals surface area contributed by atoms with Crippen LogP contribution >= 0.6 is 23.2 Å². The molecule has 3 aromatic rings. The van der Waals surface area contributed by atoms with Gasteiger partial charge in [-0.15, -0.1) is 0 Å². The Morgan fingerprint density at radius 3 is 2.62 bits per heavy atom. The van der Waals surface area contributed by atoms with E-state index in [0.29, 0.717) is 11.5 Å². The summed E-state index contributed by atoms with van der Waals surface area (Å²) in [4.78, 5) is 12.0. The highest BCUT2D eigenvalue weighted by Crippen LogP contribution is 2.22. The minimum absolute atomic E-state index is 0.0180. The van der Waals surface area contributed by atoms with E-state index in [2.05, 4.69) is 5.32 Å². The van der Waals surface area contributed by atoms with Crippen molar-refractivity contribution in [1.29, 1.82) is 5.26 Å². The molecule has 1 aromatic heterocycles. The number of carbonyl (C=O) groups excluding carboxylic acids is 1. The fraction of sp³-hybridized carbons (Fsp3) is 0.0526. The molecule has 3 rings (SSSR count). The number of benzene rings is 2. The van der Waals surface area contributed by atoms with Crippen LogP contribution in [0.15, 0.2) is 69.2 Å². The summed E-state index contributed by atoms with van der Waals surface area (Å²) in [6, 6.07) is 18.5. The zero-order chi connectivity index (χ0) is 18.5. The van der Waals surface area contributed by atoms with E-state index in [1.807, 2.05) is 42.5 Å². The molecule has 26 heavy (non-hydrogen) atoms. The van der Waals surface area contributed by atoms with Crippen LogP contribution in [0.25, 0.3) is 10.8 Å². The molecule has 0 aliphatic rings. The molecule has 0 atom stereocenters. The van der Waals surface area contributed by atoms with Gasteiger partial charge in [0.25, 0.3) is 5.91 Å². The van der Waals surface area contributed by atoms with Crippen molar-refractivity contribution in [2.75, 3.05) is 0 Å². The number of nitriles is 1. The summed E-state index contributed by atoms with van der Waals surface area (Å²) in [6.07, 6.45) is 0. The van der Waals surface area contributed by atoms with E-state index in [4.69, 9.17) is 37.6 Å². The standard InChI is InChI=1S/C19H12Cl2N2O3/c20-18(21)16(10-22)23-19(24)17-8-7-15(26-17)11-25-14-6-5-12-3-1-2-4-13(12)9-14/h1-9H,11H2,(H,23,24). The minimum Gasteiger partial charge on any atom is -0.486 e. The van der Waals surface area contributed by atoms with Gasteiger partial charge in [-0.1, -0.05) is 53.5 Å². The van der Waals surface area contributed by atoms with E-state index in [-0.39, 0.29) is 22.6 Å². The van der Waals surface area contributed by atoms with Crippen molar-refractivity contribution in [3.8, 4) is 11.8 Å². The molecule has 1 amide bonds. The monoisotopic (exact) mass is 386 g/mol. The molecular formula is C19H12Cl2N2O3. The van der Waals surface area contributed by atoms with Crippen molar-refractivity contribution in [2.24, 2.45) is 0 Å². The van der Waals surface area contributed by atoms with Gasteiger partial charge in [-0.05, 0) is 35.0 Å². The molecule has 0 saturated heterocycles. The maximum Gasteiger partial charge on any atom is 0.291 e. The van der Waals surface area contributed by atoms with Crippen LogP contribution in [0, 0.1) is 11.3 Å². The Labute approximate surface area is 159 Å². The Morgan fingerprint density at radius 1 is 1.12 bits per heavy atom. The van der Waals surface area contributed by atoms with Gasteiger partial charge in [-0.25, -0.2) is 0 Å². The number of carbonyl (C=O) groups is 1. The average molecular weight is 387 g/mol. The van der Waals surface area contributed by atoms with Crippen LogP contribution in [-0.4, -0.2) is 5.91 Å². The van der Waals surface area contributed by atoms with Crippen molar-refractivity contribution >= 4 is 39.9 Å². The summed E-state index contributed by atoms with van der Waals surface area (Å²) in [7, 11) is 0. The first kappa shape index (κ1) is 17.9. The molecule has 0 bridgehead atoms. The predicted molar refractivity (Wildman–Crippen MR) is 98.8 cm³/mol. The van der Waals surface area contributed by atoms with E-state index in [0.717, 1.165) is 10.8 Å². The lowest BCUT2D eigenvalue weighted by Gasteiger charge is -2.06. The SMILES string of the molecule is N#CC(NC(=O)c1ccc(COc2ccc3ccccc3c2)o1)=C(Cl)Cl. The number of amides is 1. The molecule has 7 heteroatoms. The molecule has 2 aromatic carbocycles. The van der Waals surface area contributed by atoms with Crippen LogP contribution in [0.1, 0.15) is 16.3 Å². The van der Waals surface area contributed by atoms with E-state index in [9.17, 15) is 4.79 Å². The topological polar surface area (TPSA) is 75.3 Å². The van der Waals surface area contributed by atoms with Crippen molar-refractivity contribution in [1.82, 2.24) is 5.32 Å². The number of ether oxygens (including phenoxy) is 1. The predicted octanol–water partition coefficient (Wildman–Crippen LogP) is 4.91. The number of hydrogen-bond donors (Lipinski definition) is 1. The Balaban J connectivity index is 1.65. The highest BCUT2D eigenvalue weighted by molar-refractivity contribution is 6.56.